The SMILES string of the molecule is COc1cc(C(=O)C=Cc2cnc3ccc(Br)cn23)cc(OC)c1OC. The molecule has 7 heteroatoms. The molecule has 2 heterocycles. The highest BCUT2D eigenvalue weighted by Gasteiger charge is 2.15. The first-order valence-electron chi connectivity index (χ1n) is 7.72. The summed E-state index contributed by atoms with van der Waals surface area (Å²) in [7, 11) is 4.54. The second-order valence-electron chi connectivity index (χ2n) is 5.37. The van der Waals surface area contributed by atoms with Crippen LogP contribution in [-0.2, 0) is 0 Å². The molecule has 2 aromatic heterocycles. The van der Waals surface area contributed by atoms with Crippen molar-refractivity contribution >= 4 is 33.4 Å². The topological polar surface area (TPSA) is 62.1 Å². The van der Waals surface area contributed by atoms with Crippen molar-refractivity contribution in [1.29, 1.82) is 0 Å². The highest BCUT2D eigenvalue weighted by molar-refractivity contribution is 9.10. The number of allylic oxidation sites excluding steroid dienone is 1. The second-order valence-corrected chi connectivity index (χ2v) is 6.29. The third kappa shape index (κ3) is 3.43. The van der Waals surface area contributed by atoms with Crippen LogP contribution in [0.3, 0.4) is 0 Å². The molecule has 1 aromatic carbocycles. The van der Waals surface area contributed by atoms with Gasteiger partial charge in [-0.15, -0.1) is 0 Å². The molecule has 0 N–H and O–H groups in total. The van der Waals surface area contributed by atoms with Crippen LogP contribution in [-0.4, -0.2) is 36.5 Å². The maximum absolute atomic E-state index is 12.6. The van der Waals surface area contributed by atoms with Crippen molar-refractivity contribution in [2.24, 2.45) is 0 Å². The fourth-order valence-electron chi connectivity index (χ4n) is 2.58. The zero-order valence-electron chi connectivity index (χ0n) is 14.5. The van der Waals surface area contributed by atoms with Crippen molar-refractivity contribution in [2.75, 3.05) is 21.3 Å². The van der Waals surface area contributed by atoms with Gasteiger partial charge in [-0.05, 0) is 52.3 Å². The van der Waals surface area contributed by atoms with Crippen LogP contribution in [0.2, 0.25) is 0 Å². The van der Waals surface area contributed by atoms with Crippen molar-refractivity contribution < 1.29 is 19.0 Å². The van der Waals surface area contributed by atoms with E-state index in [1.165, 1.54) is 27.4 Å². The number of carbonyl (C=O) groups is 1. The van der Waals surface area contributed by atoms with Gasteiger partial charge in [-0.3, -0.25) is 9.20 Å². The molecule has 0 atom stereocenters. The Bertz CT molecular complexity index is 969. The smallest absolute Gasteiger partial charge is 0.203 e. The molecule has 0 fully saturated rings. The van der Waals surface area contributed by atoms with Gasteiger partial charge in [-0.2, -0.15) is 0 Å². The van der Waals surface area contributed by atoms with E-state index >= 15 is 0 Å². The lowest BCUT2D eigenvalue weighted by Crippen LogP contribution is -2.00. The second kappa shape index (κ2) is 7.61. The van der Waals surface area contributed by atoms with E-state index in [1.807, 2.05) is 22.7 Å². The van der Waals surface area contributed by atoms with Gasteiger partial charge in [0.05, 0.1) is 33.2 Å². The molecule has 0 spiro atoms. The van der Waals surface area contributed by atoms with Gasteiger partial charge in [-0.25, -0.2) is 4.98 Å². The highest BCUT2D eigenvalue weighted by atomic mass is 79.9. The van der Waals surface area contributed by atoms with Crippen LogP contribution >= 0.6 is 15.9 Å². The fraction of sp³-hybridized carbons (Fsp3) is 0.158. The summed E-state index contributed by atoms with van der Waals surface area (Å²) < 4.78 is 18.7. The number of fused-ring (bicyclic) bond motifs is 1. The number of hydrogen-bond donors (Lipinski definition) is 0. The van der Waals surface area contributed by atoms with E-state index in [1.54, 1.807) is 24.4 Å². The Hall–Kier alpha value is -2.80. The number of ketones is 1. The lowest BCUT2D eigenvalue weighted by atomic mass is 10.1. The molecule has 0 aliphatic carbocycles. The van der Waals surface area contributed by atoms with Crippen LogP contribution in [0.5, 0.6) is 17.2 Å². The van der Waals surface area contributed by atoms with Crippen molar-refractivity contribution in [3.8, 4) is 17.2 Å². The van der Waals surface area contributed by atoms with Crippen molar-refractivity contribution in [2.45, 2.75) is 0 Å². The molecule has 134 valence electrons. The lowest BCUT2D eigenvalue weighted by molar-refractivity contribution is 0.104. The van der Waals surface area contributed by atoms with E-state index in [4.69, 9.17) is 14.2 Å². The van der Waals surface area contributed by atoms with Gasteiger partial charge in [-0.1, -0.05) is 0 Å². The number of aromatic nitrogens is 2. The van der Waals surface area contributed by atoms with Gasteiger partial charge < -0.3 is 14.2 Å². The number of nitrogens with zero attached hydrogens (tertiary/aromatic N) is 2. The molecule has 0 aliphatic heterocycles. The van der Waals surface area contributed by atoms with E-state index < -0.39 is 0 Å². The molecule has 0 amide bonds. The third-order valence-electron chi connectivity index (χ3n) is 3.85. The number of ether oxygens (including phenoxy) is 3. The summed E-state index contributed by atoms with van der Waals surface area (Å²) in [6, 6.07) is 7.05. The lowest BCUT2D eigenvalue weighted by Gasteiger charge is -2.13. The molecule has 0 radical (unpaired) electrons. The molecule has 0 saturated carbocycles. The summed E-state index contributed by atoms with van der Waals surface area (Å²) in [5.41, 5.74) is 2.03. The Morgan fingerprint density at radius 3 is 2.42 bits per heavy atom. The maximum atomic E-state index is 12.6. The van der Waals surface area contributed by atoms with Gasteiger partial charge in [0.15, 0.2) is 17.3 Å². The average Bonchev–Trinajstić information content (AvgIpc) is 3.06. The summed E-state index contributed by atoms with van der Waals surface area (Å²) in [6.07, 6.45) is 6.82. The Labute approximate surface area is 159 Å². The van der Waals surface area contributed by atoms with E-state index in [0.717, 1.165) is 15.8 Å². The number of halogens is 1. The summed E-state index contributed by atoms with van der Waals surface area (Å²) >= 11 is 3.43. The first kappa shape index (κ1) is 18.0. The van der Waals surface area contributed by atoms with E-state index in [2.05, 4.69) is 20.9 Å². The zero-order chi connectivity index (χ0) is 18.7. The Balaban J connectivity index is 1.94. The Morgan fingerprint density at radius 2 is 1.81 bits per heavy atom. The average molecular weight is 417 g/mol. The van der Waals surface area contributed by atoms with Crippen LogP contribution in [0.25, 0.3) is 11.7 Å². The number of imidazole rings is 1. The number of hydrogen-bond acceptors (Lipinski definition) is 5. The quantitative estimate of drug-likeness (QED) is 0.448. The number of carbonyl (C=O) groups excluding carboxylic acids is 1. The van der Waals surface area contributed by atoms with E-state index in [9.17, 15) is 4.79 Å². The molecular formula is C19H17BrN2O4. The molecule has 6 nitrogen and oxygen atoms in total. The monoisotopic (exact) mass is 416 g/mol. The van der Waals surface area contributed by atoms with Crippen LogP contribution in [0.1, 0.15) is 16.1 Å². The van der Waals surface area contributed by atoms with Gasteiger partial charge in [0.1, 0.15) is 5.65 Å². The van der Waals surface area contributed by atoms with Gasteiger partial charge in [0, 0.05) is 16.2 Å². The van der Waals surface area contributed by atoms with Crippen molar-refractivity contribution in [3.05, 3.63) is 58.5 Å². The summed E-state index contributed by atoms with van der Waals surface area (Å²) in [5.74, 6) is 1.13. The molecule has 0 saturated heterocycles. The minimum Gasteiger partial charge on any atom is -0.493 e. The predicted molar refractivity (Wildman–Crippen MR) is 102 cm³/mol. The summed E-state index contributed by atoms with van der Waals surface area (Å²) in [5, 5.41) is 0. The number of rotatable bonds is 6. The minimum absolute atomic E-state index is 0.186. The Morgan fingerprint density at radius 1 is 1.12 bits per heavy atom. The van der Waals surface area contributed by atoms with Gasteiger partial charge >= 0.3 is 0 Å². The molecular weight excluding hydrogens is 400 g/mol. The van der Waals surface area contributed by atoms with Crippen molar-refractivity contribution in [3.63, 3.8) is 0 Å². The summed E-state index contributed by atoms with van der Waals surface area (Å²) in [4.78, 5) is 16.9. The first-order valence-corrected chi connectivity index (χ1v) is 8.51. The van der Waals surface area contributed by atoms with E-state index in [-0.39, 0.29) is 5.78 Å². The summed E-state index contributed by atoms with van der Waals surface area (Å²) in [6.45, 7) is 0. The van der Waals surface area contributed by atoms with Crippen LogP contribution in [0.4, 0.5) is 0 Å². The molecule has 0 bridgehead atoms. The molecule has 3 aromatic rings. The molecule has 3 rings (SSSR count). The fourth-order valence-corrected chi connectivity index (χ4v) is 2.91. The molecule has 26 heavy (non-hydrogen) atoms. The normalized spacial score (nSPS) is 11.1. The number of methoxy groups -OCH3 is 3. The van der Waals surface area contributed by atoms with Gasteiger partial charge in [0.2, 0.25) is 5.75 Å². The molecule has 0 aliphatic rings. The third-order valence-corrected chi connectivity index (χ3v) is 4.32. The highest BCUT2D eigenvalue weighted by Crippen LogP contribution is 2.38. The maximum Gasteiger partial charge on any atom is 0.203 e. The predicted octanol–water partition coefficient (Wildman–Crippen LogP) is 4.02. The van der Waals surface area contributed by atoms with Crippen LogP contribution in [0, 0.1) is 0 Å². The number of pyridine rings is 1. The van der Waals surface area contributed by atoms with Gasteiger partial charge in [0.25, 0.3) is 0 Å². The number of benzene rings is 1. The zero-order valence-corrected chi connectivity index (χ0v) is 16.1. The Kier molecular flexibility index (Phi) is 5.27. The minimum atomic E-state index is -0.186. The molecule has 0 unspecified atom stereocenters. The van der Waals surface area contributed by atoms with Crippen LogP contribution < -0.4 is 14.2 Å². The van der Waals surface area contributed by atoms with Crippen molar-refractivity contribution in [1.82, 2.24) is 9.38 Å². The first-order chi connectivity index (χ1) is 12.6. The van der Waals surface area contributed by atoms with Crippen LogP contribution in [0.15, 0.2) is 47.2 Å². The largest absolute Gasteiger partial charge is 0.493 e. The standard InChI is InChI=1S/C19H17BrN2O4/c1-24-16-8-12(9-17(25-2)19(16)26-3)15(23)6-5-14-10-21-18-7-4-13(20)11-22(14)18/h4-11H,1-3H3. The van der Waals surface area contributed by atoms with E-state index in [0.29, 0.717) is 22.8 Å².